The first-order chi connectivity index (χ1) is 35.4. The number of pyridine rings is 2. The summed E-state index contributed by atoms with van der Waals surface area (Å²) in [5.41, 5.74) is 8.95. The Bertz CT molecular complexity index is 2920. The number of fused-ring (bicyclic) bond motifs is 2. The zero-order chi connectivity index (χ0) is 52.9. The summed E-state index contributed by atoms with van der Waals surface area (Å²) in [6.07, 6.45) is 12.5. The van der Waals surface area contributed by atoms with Gasteiger partial charge in [-0.25, -0.2) is 23.7 Å². The summed E-state index contributed by atoms with van der Waals surface area (Å²) in [7, 11) is 1.00. The van der Waals surface area contributed by atoms with Gasteiger partial charge in [-0.3, -0.25) is 14.0 Å². The number of carbonyl (C=O) groups is 3. The fourth-order valence-corrected chi connectivity index (χ4v) is 7.85. The van der Waals surface area contributed by atoms with Gasteiger partial charge in [-0.2, -0.15) is 4.98 Å². The molecule has 2 aliphatic carbocycles. The van der Waals surface area contributed by atoms with Gasteiger partial charge in [-0.15, -0.1) is 0 Å². The predicted octanol–water partition coefficient (Wildman–Crippen LogP) is 8.56. The van der Waals surface area contributed by atoms with Crippen molar-refractivity contribution in [3.8, 4) is 11.4 Å². The summed E-state index contributed by atoms with van der Waals surface area (Å²) in [4.78, 5) is 55.7. The van der Waals surface area contributed by atoms with Crippen molar-refractivity contribution in [1.82, 2.24) is 34.2 Å². The monoisotopic (exact) mass is 1010 g/mol. The molecule has 73 heavy (non-hydrogen) atoms. The zero-order valence-corrected chi connectivity index (χ0v) is 42.1. The standard InChI is InChI=1S/C24H26N6O3.C15H17F2N3O2.C11H12N2O.C2H6.CH4O/c1-15-6-7-16(22-28-24(33-29-22)17-11-18(12-17)25-8-4-10-31)13-19(15)27-23(32)20-14-26-21-5-2-3-9-30(20)21;1-10-3-4-12(5-13(10)19-9-21)14(18-2)20-22-8-11-6-15(16,17)7-11;1-9-7-12-11-5-4-10(3-2-6-14)8-13(9)11;2*1-2/h2-3,5-7,9,13-14,17-18,25,31H,4,8,10-12H2,1H3,(H,27,32);3-5,9,11H,2,6-8H2,1H3,(H,19,21);4-8H,2-3H2,1H3;1-2H3;2H,1H3/b;20-14-;;;. The van der Waals surface area contributed by atoms with Crippen LogP contribution in [0, 0.1) is 26.7 Å². The minimum Gasteiger partial charge on any atom is -0.400 e. The molecule has 2 aliphatic rings. The van der Waals surface area contributed by atoms with E-state index in [0.717, 1.165) is 73.7 Å². The maximum Gasteiger partial charge on any atom is 0.274 e. The van der Waals surface area contributed by atoms with Crippen LogP contribution in [0.2, 0.25) is 0 Å². The number of nitrogens with one attached hydrogen (secondary N) is 3. The van der Waals surface area contributed by atoms with E-state index >= 15 is 0 Å². The third kappa shape index (κ3) is 15.5. The molecule has 0 saturated heterocycles. The number of oxime groups is 1. The molecule has 0 unspecified atom stereocenters. The van der Waals surface area contributed by atoms with Crippen molar-refractivity contribution in [2.45, 2.75) is 97.4 Å². The molecule has 5 heterocycles. The first-order valence-corrected chi connectivity index (χ1v) is 24.1. The molecule has 0 aliphatic heterocycles. The number of aryl methyl sites for hydroxylation is 4. The van der Waals surface area contributed by atoms with Crippen LogP contribution >= 0.6 is 0 Å². The van der Waals surface area contributed by atoms with Crippen LogP contribution < -0.4 is 16.0 Å². The first-order valence-electron chi connectivity index (χ1n) is 24.1. The summed E-state index contributed by atoms with van der Waals surface area (Å²) in [5, 5.41) is 32.9. The number of benzene rings is 2. The number of amides is 2. The van der Waals surface area contributed by atoms with Gasteiger partial charge in [0.05, 0.1) is 6.20 Å². The molecule has 18 nitrogen and oxygen atoms in total. The third-order valence-corrected chi connectivity index (χ3v) is 11.9. The summed E-state index contributed by atoms with van der Waals surface area (Å²) in [5.74, 6) is -1.36. The lowest BCUT2D eigenvalue weighted by Crippen LogP contribution is -2.40. The van der Waals surface area contributed by atoms with E-state index in [1.54, 1.807) is 28.8 Å². The van der Waals surface area contributed by atoms with Gasteiger partial charge in [-0.1, -0.05) is 60.6 Å². The second-order valence-electron chi connectivity index (χ2n) is 17.1. The lowest BCUT2D eigenvalue weighted by molar-refractivity contribution is -0.128. The summed E-state index contributed by atoms with van der Waals surface area (Å²) in [6, 6.07) is 21.0. The third-order valence-electron chi connectivity index (χ3n) is 11.9. The van der Waals surface area contributed by atoms with Crippen LogP contribution in [0.3, 0.4) is 0 Å². The SMILES string of the molecule is C=N/C(=N\OCC1CC(F)(F)C1)c1ccc(C)c(NC=O)c1.CC.CO.Cc1ccc(-c2noc(C3CC(NCCCO)C3)n2)cc1NC(=O)c1cnc2ccccn12.Cc1cnc2ccc(CCC=O)cn12. The highest BCUT2D eigenvalue weighted by molar-refractivity contribution is 6.04. The summed E-state index contributed by atoms with van der Waals surface area (Å²) >= 11 is 0. The predicted molar refractivity (Wildman–Crippen MR) is 277 cm³/mol. The lowest BCUT2D eigenvalue weighted by atomic mass is 9.80. The number of alkyl halides is 2. The molecule has 2 aromatic carbocycles. The lowest BCUT2D eigenvalue weighted by Gasteiger charge is -2.33. The van der Waals surface area contributed by atoms with Gasteiger partial charge in [-0.05, 0) is 107 Å². The van der Waals surface area contributed by atoms with Gasteiger partial charge in [0.15, 0.2) is 5.84 Å². The van der Waals surface area contributed by atoms with Gasteiger partial charge in [0, 0.05) is 97.6 Å². The number of anilines is 2. The Kier molecular flexibility index (Phi) is 21.5. The number of carbonyl (C=O) groups excluding carboxylic acids is 3. The number of imidazole rings is 2. The second-order valence-corrected chi connectivity index (χ2v) is 17.1. The Labute approximate surface area is 423 Å². The number of hydrogen-bond acceptors (Lipinski definition) is 13. The van der Waals surface area contributed by atoms with Crippen molar-refractivity contribution in [2.24, 2.45) is 16.1 Å². The van der Waals surface area contributed by atoms with Crippen molar-refractivity contribution in [2.75, 3.05) is 37.5 Å². The molecule has 5 aromatic heterocycles. The van der Waals surface area contributed by atoms with E-state index in [1.807, 2.05) is 106 Å². The Hall–Kier alpha value is -7.55. The van der Waals surface area contributed by atoms with E-state index in [1.165, 1.54) is 5.56 Å². The number of rotatable bonds is 17. The Morgan fingerprint density at radius 2 is 1.68 bits per heavy atom. The van der Waals surface area contributed by atoms with E-state index in [0.29, 0.717) is 58.9 Å². The summed E-state index contributed by atoms with van der Waals surface area (Å²) in [6.45, 7) is 14.4. The Balaban J connectivity index is 0.000000213. The van der Waals surface area contributed by atoms with Crippen LogP contribution in [-0.2, 0) is 20.8 Å². The smallest absolute Gasteiger partial charge is 0.274 e. The van der Waals surface area contributed by atoms with E-state index in [9.17, 15) is 23.2 Å². The number of aliphatic hydroxyl groups is 2. The van der Waals surface area contributed by atoms with Crippen molar-refractivity contribution in [3.05, 3.63) is 131 Å². The molecular weight excluding hydrogens is 941 g/mol. The molecule has 2 fully saturated rings. The number of halogens is 2. The molecule has 0 spiro atoms. The molecule has 7 aromatic rings. The Morgan fingerprint density at radius 1 is 0.959 bits per heavy atom. The molecule has 5 N–H and O–H groups in total. The van der Waals surface area contributed by atoms with E-state index < -0.39 is 5.92 Å². The molecular formula is C53H65F2N11O7. The maximum atomic E-state index is 12.9. The molecule has 2 saturated carbocycles. The average molecular weight is 1010 g/mol. The fraction of sp³-hybridized carbons (Fsp3) is 0.377. The van der Waals surface area contributed by atoms with Crippen LogP contribution in [0.4, 0.5) is 20.2 Å². The van der Waals surface area contributed by atoms with Gasteiger partial charge in [0.25, 0.3) is 5.91 Å². The van der Waals surface area contributed by atoms with Crippen molar-refractivity contribution in [1.29, 1.82) is 0 Å². The van der Waals surface area contributed by atoms with Crippen LogP contribution in [-0.4, -0.2) is 109 Å². The summed E-state index contributed by atoms with van der Waals surface area (Å²) < 4.78 is 34.7. The zero-order valence-electron chi connectivity index (χ0n) is 42.1. The minimum atomic E-state index is -2.57. The van der Waals surface area contributed by atoms with Crippen LogP contribution in [0.1, 0.15) is 103 Å². The van der Waals surface area contributed by atoms with E-state index in [4.69, 9.17) is 19.6 Å². The number of aliphatic imine (C=N–C) groups is 1. The molecule has 9 rings (SSSR count). The highest BCUT2D eigenvalue weighted by Gasteiger charge is 2.45. The van der Waals surface area contributed by atoms with E-state index in [-0.39, 0.29) is 49.6 Å². The molecule has 20 heteroatoms. The van der Waals surface area contributed by atoms with Crippen molar-refractivity contribution in [3.63, 3.8) is 0 Å². The normalized spacial score (nSPS) is 15.5. The molecule has 388 valence electrons. The van der Waals surface area contributed by atoms with Gasteiger partial charge >= 0.3 is 0 Å². The topological polar surface area (TPSA) is 235 Å². The molecule has 0 radical (unpaired) electrons. The van der Waals surface area contributed by atoms with Gasteiger partial charge < -0.3 is 44.7 Å². The highest BCUT2D eigenvalue weighted by atomic mass is 19.3. The number of amidine groups is 1. The Morgan fingerprint density at radius 3 is 2.40 bits per heavy atom. The first kappa shape index (κ1) is 56.4. The van der Waals surface area contributed by atoms with Crippen LogP contribution in [0.15, 0.2) is 106 Å². The number of aldehydes is 1. The van der Waals surface area contributed by atoms with Crippen molar-refractivity contribution < 1.29 is 42.7 Å². The quantitative estimate of drug-likeness (QED) is 0.0190. The molecule has 0 atom stereocenters. The van der Waals surface area contributed by atoms with E-state index in [2.05, 4.69) is 52.9 Å². The number of nitrogens with zero attached hydrogens (tertiary/aromatic N) is 8. The maximum absolute atomic E-state index is 12.9. The second kappa shape index (κ2) is 27.9. The van der Waals surface area contributed by atoms with Gasteiger partial charge in [0.2, 0.25) is 24.0 Å². The van der Waals surface area contributed by atoms with Gasteiger partial charge in [0.1, 0.15) is 29.9 Å². The minimum absolute atomic E-state index is 0.125. The number of aliphatic hydroxyl groups excluding tert-OH is 2. The molecule has 0 bridgehead atoms. The highest BCUT2D eigenvalue weighted by Crippen LogP contribution is 2.42. The molecule has 2 amide bonds. The number of aromatic nitrogens is 6. The van der Waals surface area contributed by atoms with Crippen LogP contribution in [0.5, 0.6) is 0 Å². The average Bonchev–Trinajstić information content (AvgIpc) is 4.15. The number of hydrogen-bond donors (Lipinski definition) is 5. The fourth-order valence-electron chi connectivity index (χ4n) is 7.85. The largest absolute Gasteiger partial charge is 0.400 e. The van der Waals surface area contributed by atoms with Crippen molar-refractivity contribution >= 4 is 53.8 Å². The van der Waals surface area contributed by atoms with Crippen LogP contribution in [0.25, 0.3) is 22.7 Å².